The van der Waals surface area contributed by atoms with Crippen molar-refractivity contribution in [2.75, 3.05) is 0 Å². The van der Waals surface area contributed by atoms with Gasteiger partial charge in [-0.25, -0.2) is 13.8 Å². The average Bonchev–Trinajstić information content (AvgIpc) is 2.82. The van der Waals surface area contributed by atoms with E-state index in [9.17, 15) is 19.0 Å². The zero-order chi connectivity index (χ0) is 24.3. The quantitative estimate of drug-likeness (QED) is 0.328. The van der Waals surface area contributed by atoms with E-state index in [1.807, 2.05) is 54.6 Å². The highest BCUT2D eigenvalue weighted by atomic mass is 19.2. The van der Waals surface area contributed by atoms with E-state index in [1.54, 1.807) is 32.1 Å². The fourth-order valence-electron chi connectivity index (χ4n) is 4.07. The van der Waals surface area contributed by atoms with Crippen LogP contribution in [0.2, 0.25) is 0 Å². The number of halogens is 2. The van der Waals surface area contributed by atoms with Crippen molar-refractivity contribution in [2.45, 2.75) is 38.4 Å². The molecule has 1 atom stereocenters. The van der Waals surface area contributed by atoms with Gasteiger partial charge in [-0.1, -0.05) is 54.6 Å². The Labute approximate surface area is 198 Å². The number of fused-ring (bicyclic) bond motifs is 1. The van der Waals surface area contributed by atoms with Crippen LogP contribution in [0.3, 0.4) is 0 Å². The number of benzene rings is 3. The van der Waals surface area contributed by atoms with Crippen LogP contribution in [0.25, 0.3) is 23.1 Å². The van der Waals surface area contributed by atoms with E-state index >= 15 is 0 Å². The molecule has 0 aliphatic rings. The minimum absolute atomic E-state index is 0.386. The van der Waals surface area contributed by atoms with Crippen LogP contribution in [0, 0.1) is 11.6 Å². The predicted octanol–water partition coefficient (Wildman–Crippen LogP) is 6.58. The van der Waals surface area contributed by atoms with Gasteiger partial charge in [-0.15, -0.1) is 0 Å². The molecule has 0 amide bonds. The molecule has 0 saturated carbocycles. The molecule has 0 aliphatic heterocycles. The number of nitrogens with zero attached hydrogens (tertiary/aromatic N) is 1. The third-order valence-electron chi connectivity index (χ3n) is 5.86. The summed E-state index contributed by atoms with van der Waals surface area (Å²) in [5.74, 6) is -1.82. The minimum atomic E-state index is -0.941. The van der Waals surface area contributed by atoms with Crippen molar-refractivity contribution >= 4 is 23.1 Å². The van der Waals surface area contributed by atoms with Crippen molar-refractivity contribution in [3.63, 3.8) is 0 Å². The minimum Gasteiger partial charge on any atom is -0.388 e. The number of aliphatic hydroxyl groups excluding tert-OH is 1. The van der Waals surface area contributed by atoms with E-state index < -0.39 is 23.3 Å². The summed E-state index contributed by atoms with van der Waals surface area (Å²) in [6.45, 7) is 3.52. The number of pyridine rings is 1. The number of hydrogen-bond acceptors (Lipinski definition) is 3. The first-order chi connectivity index (χ1) is 16.2. The van der Waals surface area contributed by atoms with Gasteiger partial charge in [-0.2, -0.15) is 0 Å². The van der Waals surface area contributed by atoms with Crippen LogP contribution in [0.1, 0.15) is 54.3 Å². The fraction of sp³-hybridized carbons (Fsp3) is 0.207. The summed E-state index contributed by atoms with van der Waals surface area (Å²) in [5.41, 5.74) is 3.63. The average molecular weight is 460 g/mol. The zero-order valence-corrected chi connectivity index (χ0v) is 19.2. The maximum atomic E-state index is 13.5. The van der Waals surface area contributed by atoms with Gasteiger partial charge in [-0.05, 0) is 73.2 Å². The second-order valence-corrected chi connectivity index (χ2v) is 8.97. The van der Waals surface area contributed by atoms with E-state index in [1.165, 1.54) is 0 Å². The molecule has 4 aromatic rings. The molecule has 5 heteroatoms. The highest BCUT2D eigenvalue weighted by Gasteiger charge is 2.20. The zero-order valence-electron chi connectivity index (χ0n) is 19.2. The summed E-state index contributed by atoms with van der Waals surface area (Å²) < 4.78 is 26.9. The number of aryl methyl sites for hydroxylation is 1. The van der Waals surface area contributed by atoms with Gasteiger partial charge in [0.1, 0.15) is 0 Å². The van der Waals surface area contributed by atoms with Gasteiger partial charge < -0.3 is 10.2 Å². The van der Waals surface area contributed by atoms with Crippen LogP contribution in [0.5, 0.6) is 0 Å². The first-order valence-corrected chi connectivity index (χ1v) is 11.2. The Kier molecular flexibility index (Phi) is 6.87. The molecule has 0 aliphatic carbocycles. The van der Waals surface area contributed by atoms with Crippen LogP contribution in [-0.4, -0.2) is 15.2 Å². The van der Waals surface area contributed by atoms with Gasteiger partial charge in [0.2, 0.25) is 0 Å². The molecule has 3 aromatic carbocycles. The Morgan fingerprint density at radius 3 is 2.47 bits per heavy atom. The third kappa shape index (κ3) is 5.56. The molecule has 3 nitrogen and oxygen atoms in total. The molecule has 0 saturated heterocycles. The molecule has 174 valence electrons. The number of aliphatic hydroxyl groups is 2. The van der Waals surface area contributed by atoms with Gasteiger partial charge in [0.15, 0.2) is 11.6 Å². The van der Waals surface area contributed by atoms with E-state index in [-0.39, 0.29) is 0 Å². The van der Waals surface area contributed by atoms with Crippen molar-refractivity contribution in [3.8, 4) is 0 Å². The SMILES string of the molecule is CC(C)(O)c1ccccc1CC[C@H](O)c1cccc(C=Cc2ccc3cc(F)c(F)cc3n2)c1. The van der Waals surface area contributed by atoms with Crippen molar-refractivity contribution in [3.05, 3.63) is 112 Å². The Balaban J connectivity index is 1.47. The normalized spacial score (nSPS) is 13.0. The van der Waals surface area contributed by atoms with Gasteiger partial charge in [-0.3, -0.25) is 0 Å². The largest absolute Gasteiger partial charge is 0.388 e. The Bertz CT molecular complexity index is 1340. The summed E-state index contributed by atoms with van der Waals surface area (Å²) in [7, 11) is 0. The fourth-order valence-corrected chi connectivity index (χ4v) is 4.07. The summed E-state index contributed by atoms with van der Waals surface area (Å²) in [5, 5.41) is 21.7. The molecule has 2 N–H and O–H groups in total. The third-order valence-corrected chi connectivity index (χ3v) is 5.86. The lowest BCUT2D eigenvalue weighted by molar-refractivity contribution is 0.0772. The van der Waals surface area contributed by atoms with Crippen LogP contribution in [0.15, 0.2) is 72.8 Å². The first kappa shape index (κ1) is 23.7. The van der Waals surface area contributed by atoms with Gasteiger partial charge in [0.05, 0.1) is 22.9 Å². The van der Waals surface area contributed by atoms with Crippen molar-refractivity contribution in [1.82, 2.24) is 4.98 Å². The Morgan fingerprint density at radius 2 is 1.68 bits per heavy atom. The second-order valence-electron chi connectivity index (χ2n) is 8.97. The van der Waals surface area contributed by atoms with Crippen LogP contribution in [-0.2, 0) is 12.0 Å². The molecule has 0 unspecified atom stereocenters. The number of aromatic nitrogens is 1. The summed E-state index contributed by atoms with van der Waals surface area (Å²) in [6, 6.07) is 21.0. The predicted molar refractivity (Wildman–Crippen MR) is 132 cm³/mol. The molecule has 1 aromatic heterocycles. The number of rotatable bonds is 7. The van der Waals surface area contributed by atoms with Crippen LogP contribution in [0.4, 0.5) is 8.78 Å². The summed E-state index contributed by atoms with van der Waals surface area (Å²) in [4.78, 5) is 4.38. The number of hydrogen-bond donors (Lipinski definition) is 2. The molecule has 0 radical (unpaired) electrons. The molecule has 1 heterocycles. The lowest BCUT2D eigenvalue weighted by Crippen LogP contribution is -2.18. The van der Waals surface area contributed by atoms with Gasteiger partial charge in [0, 0.05) is 11.5 Å². The molecule has 0 fully saturated rings. The molecule has 0 spiro atoms. The molecule has 34 heavy (non-hydrogen) atoms. The second kappa shape index (κ2) is 9.84. The van der Waals surface area contributed by atoms with Crippen molar-refractivity contribution in [2.24, 2.45) is 0 Å². The summed E-state index contributed by atoms with van der Waals surface area (Å²) >= 11 is 0. The van der Waals surface area contributed by atoms with E-state index in [2.05, 4.69) is 4.98 Å². The van der Waals surface area contributed by atoms with Crippen LogP contribution >= 0.6 is 0 Å². The summed E-state index contributed by atoms with van der Waals surface area (Å²) in [6.07, 6.45) is 4.17. The molecule has 0 bridgehead atoms. The van der Waals surface area contributed by atoms with Gasteiger partial charge >= 0.3 is 0 Å². The maximum Gasteiger partial charge on any atom is 0.161 e. The lowest BCUT2D eigenvalue weighted by atomic mass is 9.90. The lowest BCUT2D eigenvalue weighted by Gasteiger charge is -2.22. The van der Waals surface area contributed by atoms with E-state index in [0.717, 1.165) is 34.4 Å². The van der Waals surface area contributed by atoms with E-state index in [4.69, 9.17) is 0 Å². The van der Waals surface area contributed by atoms with Crippen molar-refractivity contribution < 1.29 is 19.0 Å². The maximum absolute atomic E-state index is 13.5. The Hall–Kier alpha value is -3.41. The smallest absolute Gasteiger partial charge is 0.161 e. The molecule has 4 rings (SSSR count). The standard InChI is InChI=1S/C29H27F2NO2/c1-29(2,34)24-9-4-3-7-20(24)12-15-28(33)22-8-5-6-19(16-22)10-13-23-14-11-21-17-25(30)26(31)18-27(21)32-23/h3-11,13-14,16-18,28,33-34H,12,15H2,1-2H3/t28-/m0/s1. The highest BCUT2D eigenvalue weighted by Crippen LogP contribution is 2.27. The Morgan fingerprint density at radius 1 is 0.912 bits per heavy atom. The highest BCUT2D eigenvalue weighted by molar-refractivity contribution is 5.81. The monoisotopic (exact) mass is 459 g/mol. The first-order valence-electron chi connectivity index (χ1n) is 11.2. The van der Waals surface area contributed by atoms with Crippen molar-refractivity contribution in [1.29, 1.82) is 0 Å². The van der Waals surface area contributed by atoms with Crippen LogP contribution < -0.4 is 0 Å². The molecular weight excluding hydrogens is 432 g/mol. The topological polar surface area (TPSA) is 53.4 Å². The molecular formula is C29H27F2NO2. The van der Waals surface area contributed by atoms with Gasteiger partial charge in [0.25, 0.3) is 0 Å². The van der Waals surface area contributed by atoms with E-state index in [0.29, 0.717) is 29.4 Å².